The maximum absolute atomic E-state index is 5.60. The van der Waals surface area contributed by atoms with Gasteiger partial charge in [0.15, 0.2) is 0 Å². The standard InChI is InChI=1S/C17H28N2O/c1-13-9-6-5-7-12-19(13)15-10-8-11-16(20-4)17(15)14(2)18-3/h8,10-11,13-14,18H,5-7,9,12H2,1-4H3. The molecule has 20 heavy (non-hydrogen) atoms. The SMILES string of the molecule is CNC(C)c1c(OC)cccc1N1CCCCCC1C. The van der Waals surface area contributed by atoms with E-state index in [0.717, 1.165) is 12.3 Å². The molecule has 3 nitrogen and oxygen atoms in total. The molecule has 1 aliphatic rings. The van der Waals surface area contributed by atoms with Crippen LogP contribution in [0.15, 0.2) is 18.2 Å². The fourth-order valence-corrected chi connectivity index (χ4v) is 3.17. The van der Waals surface area contributed by atoms with Gasteiger partial charge in [-0.25, -0.2) is 0 Å². The molecule has 3 heteroatoms. The van der Waals surface area contributed by atoms with Gasteiger partial charge in [0, 0.05) is 29.9 Å². The molecule has 0 spiro atoms. The third-order valence-corrected chi connectivity index (χ3v) is 4.49. The smallest absolute Gasteiger partial charge is 0.125 e. The monoisotopic (exact) mass is 276 g/mol. The normalized spacial score (nSPS) is 21.4. The van der Waals surface area contributed by atoms with Gasteiger partial charge in [-0.1, -0.05) is 18.9 Å². The zero-order chi connectivity index (χ0) is 14.5. The summed E-state index contributed by atoms with van der Waals surface area (Å²) in [6.07, 6.45) is 5.26. The van der Waals surface area contributed by atoms with E-state index in [2.05, 4.69) is 42.3 Å². The molecular weight excluding hydrogens is 248 g/mol. The molecule has 2 atom stereocenters. The average molecular weight is 276 g/mol. The Bertz CT molecular complexity index is 433. The molecule has 0 saturated carbocycles. The zero-order valence-electron chi connectivity index (χ0n) is 13.3. The highest BCUT2D eigenvalue weighted by molar-refractivity contribution is 5.61. The van der Waals surface area contributed by atoms with E-state index in [-0.39, 0.29) is 6.04 Å². The highest BCUT2D eigenvalue weighted by Crippen LogP contribution is 2.36. The van der Waals surface area contributed by atoms with Gasteiger partial charge in [-0.05, 0) is 45.9 Å². The summed E-state index contributed by atoms with van der Waals surface area (Å²) in [6.45, 7) is 5.69. The predicted octanol–water partition coefficient (Wildman–Crippen LogP) is 3.74. The first kappa shape index (κ1) is 15.2. The zero-order valence-corrected chi connectivity index (χ0v) is 13.3. The quantitative estimate of drug-likeness (QED) is 0.906. The Balaban J connectivity index is 2.43. The Hall–Kier alpha value is -1.22. The summed E-state index contributed by atoms with van der Waals surface area (Å²) in [4.78, 5) is 2.57. The molecule has 1 aliphatic heterocycles. The van der Waals surface area contributed by atoms with Gasteiger partial charge < -0.3 is 15.0 Å². The lowest BCUT2D eigenvalue weighted by atomic mass is 10.0. The van der Waals surface area contributed by atoms with Gasteiger partial charge in [0.2, 0.25) is 0 Å². The van der Waals surface area contributed by atoms with Crippen molar-refractivity contribution in [3.05, 3.63) is 23.8 Å². The van der Waals surface area contributed by atoms with Crippen molar-refractivity contribution in [2.45, 2.75) is 51.6 Å². The number of nitrogens with zero attached hydrogens (tertiary/aromatic N) is 1. The van der Waals surface area contributed by atoms with Gasteiger partial charge in [-0.15, -0.1) is 0 Å². The maximum atomic E-state index is 5.60. The van der Waals surface area contributed by atoms with Gasteiger partial charge in [-0.3, -0.25) is 0 Å². The lowest BCUT2D eigenvalue weighted by Gasteiger charge is -2.33. The van der Waals surface area contributed by atoms with E-state index < -0.39 is 0 Å². The minimum atomic E-state index is 0.289. The molecule has 1 heterocycles. The van der Waals surface area contributed by atoms with Gasteiger partial charge in [0.1, 0.15) is 5.75 Å². The summed E-state index contributed by atoms with van der Waals surface area (Å²) in [5, 5.41) is 3.36. The lowest BCUT2D eigenvalue weighted by Crippen LogP contribution is -2.34. The highest BCUT2D eigenvalue weighted by Gasteiger charge is 2.23. The third-order valence-electron chi connectivity index (χ3n) is 4.49. The first-order valence-electron chi connectivity index (χ1n) is 7.79. The second kappa shape index (κ2) is 6.98. The minimum Gasteiger partial charge on any atom is -0.496 e. The average Bonchev–Trinajstić information content (AvgIpc) is 2.70. The summed E-state index contributed by atoms with van der Waals surface area (Å²) in [5.41, 5.74) is 2.62. The summed E-state index contributed by atoms with van der Waals surface area (Å²) >= 11 is 0. The van der Waals surface area contributed by atoms with Crippen molar-refractivity contribution in [3.63, 3.8) is 0 Å². The number of nitrogens with one attached hydrogen (secondary N) is 1. The molecule has 1 saturated heterocycles. The van der Waals surface area contributed by atoms with Crippen LogP contribution in [0.1, 0.15) is 51.1 Å². The Morgan fingerprint density at radius 2 is 2.10 bits per heavy atom. The highest BCUT2D eigenvalue weighted by atomic mass is 16.5. The summed E-state index contributed by atoms with van der Waals surface area (Å²) in [7, 11) is 3.77. The molecule has 0 amide bonds. The van der Waals surface area contributed by atoms with Crippen LogP contribution in [0.2, 0.25) is 0 Å². The fraction of sp³-hybridized carbons (Fsp3) is 0.647. The number of benzene rings is 1. The van der Waals surface area contributed by atoms with Crippen LogP contribution < -0.4 is 15.0 Å². The second-order valence-corrected chi connectivity index (χ2v) is 5.80. The Labute approximate surface area is 123 Å². The molecule has 0 aromatic heterocycles. The minimum absolute atomic E-state index is 0.289. The van der Waals surface area contributed by atoms with Crippen molar-refractivity contribution in [2.75, 3.05) is 25.6 Å². The van der Waals surface area contributed by atoms with E-state index in [9.17, 15) is 0 Å². The van der Waals surface area contributed by atoms with E-state index in [1.807, 2.05) is 7.05 Å². The number of methoxy groups -OCH3 is 1. The van der Waals surface area contributed by atoms with Crippen LogP contribution >= 0.6 is 0 Å². The van der Waals surface area contributed by atoms with Crippen LogP contribution in [0.3, 0.4) is 0 Å². The number of ether oxygens (including phenoxy) is 1. The largest absolute Gasteiger partial charge is 0.496 e. The van der Waals surface area contributed by atoms with Crippen LogP contribution in [-0.2, 0) is 0 Å². The number of hydrogen-bond acceptors (Lipinski definition) is 3. The van der Waals surface area contributed by atoms with Crippen molar-refractivity contribution in [1.82, 2.24) is 5.32 Å². The van der Waals surface area contributed by atoms with Crippen molar-refractivity contribution in [3.8, 4) is 5.75 Å². The van der Waals surface area contributed by atoms with Crippen LogP contribution in [0.25, 0.3) is 0 Å². The maximum Gasteiger partial charge on any atom is 0.125 e. The van der Waals surface area contributed by atoms with Crippen LogP contribution in [-0.4, -0.2) is 26.7 Å². The summed E-state index contributed by atoms with van der Waals surface area (Å²) in [6, 6.07) is 7.31. The molecule has 0 radical (unpaired) electrons. The molecule has 112 valence electrons. The first-order valence-corrected chi connectivity index (χ1v) is 7.79. The van der Waals surface area contributed by atoms with Crippen molar-refractivity contribution >= 4 is 5.69 Å². The Kier molecular flexibility index (Phi) is 5.30. The molecule has 1 fully saturated rings. The van der Waals surface area contributed by atoms with E-state index in [1.165, 1.54) is 36.9 Å². The number of rotatable bonds is 4. The van der Waals surface area contributed by atoms with Crippen molar-refractivity contribution in [2.24, 2.45) is 0 Å². The number of anilines is 1. The van der Waals surface area contributed by atoms with Gasteiger partial charge in [0.25, 0.3) is 0 Å². The van der Waals surface area contributed by atoms with E-state index in [1.54, 1.807) is 7.11 Å². The van der Waals surface area contributed by atoms with Gasteiger partial charge in [-0.2, -0.15) is 0 Å². The fourth-order valence-electron chi connectivity index (χ4n) is 3.17. The summed E-state index contributed by atoms with van der Waals surface area (Å²) in [5.74, 6) is 0.987. The molecule has 1 N–H and O–H groups in total. The molecule has 1 aromatic rings. The Morgan fingerprint density at radius 3 is 2.80 bits per heavy atom. The molecule has 2 rings (SSSR count). The first-order chi connectivity index (χ1) is 9.69. The van der Waals surface area contributed by atoms with Gasteiger partial charge in [0.05, 0.1) is 7.11 Å². The van der Waals surface area contributed by atoms with E-state index >= 15 is 0 Å². The van der Waals surface area contributed by atoms with Crippen molar-refractivity contribution in [1.29, 1.82) is 0 Å². The lowest BCUT2D eigenvalue weighted by molar-refractivity contribution is 0.403. The third kappa shape index (κ3) is 3.09. The van der Waals surface area contributed by atoms with E-state index in [4.69, 9.17) is 4.74 Å². The molecule has 0 bridgehead atoms. The second-order valence-electron chi connectivity index (χ2n) is 5.80. The topological polar surface area (TPSA) is 24.5 Å². The molecule has 2 unspecified atom stereocenters. The summed E-state index contributed by atoms with van der Waals surface area (Å²) < 4.78 is 5.60. The van der Waals surface area contributed by atoms with E-state index in [0.29, 0.717) is 6.04 Å². The van der Waals surface area contributed by atoms with Crippen LogP contribution in [0, 0.1) is 0 Å². The van der Waals surface area contributed by atoms with Crippen LogP contribution in [0.4, 0.5) is 5.69 Å². The van der Waals surface area contributed by atoms with Crippen molar-refractivity contribution < 1.29 is 4.74 Å². The number of hydrogen-bond donors (Lipinski definition) is 1. The predicted molar refractivity (Wildman–Crippen MR) is 85.7 cm³/mol. The van der Waals surface area contributed by atoms with Crippen LogP contribution in [0.5, 0.6) is 5.75 Å². The van der Waals surface area contributed by atoms with Gasteiger partial charge >= 0.3 is 0 Å². The molecular formula is C17H28N2O. The molecule has 1 aromatic carbocycles. The Morgan fingerprint density at radius 1 is 1.30 bits per heavy atom. The molecule has 0 aliphatic carbocycles.